The lowest BCUT2D eigenvalue weighted by Gasteiger charge is -2.27. The Morgan fingerprint density at radius 2 is 2.19 bits per heavy atom. The van der Waals surface area contributed by atoms with Crippen molar-refractivity contribution in [3.05, 3.63) is 28.8 Å². The predicted molar refractivity (Wildman–Crippen MR) is 62.4 cm³/mol. The van der Waals surface area contributed by atoms with Crippen molar-refractivity contribution in [3.8, 4) is 6.07 Å². The summed E-state index contributed by atoms with van der Waals surface area (Å²) in [5.74, 6) is 0.0863. The molecular weight excluding hydrogens is 224 g/mol. The van der Waals surface area contributed by atoms with Crippen molar-refractivity contribution in [2.75, 3.05) is 11.4 Å². The number of anilines is 1. The lowest BCUT2D eigenvalue weighted by atomic mass is 10.1. The summed E-state index contributed by atoms with van der Waals surface area (Å²) in [6.45, 7) is 0.688. The fraction of sp³-hybridized carbons (Fsp3) is 0.333. The predicted octanol–water partition coefficient (Wildman–Crippen LogP) is 2.73. The molecule has 0 radical (unpaired) electrons. The minimum Gasteiger partial charge on any atom is -0.311 e. The summed E-state index contributed by atoms with van der Waals surface area (Å²) in [4.78, 5) is 13.4. The van der Waals surface area contributed by atoms with Gasteiger partial charge in [-0.15, -0.1) is 0 Å². The summed E-state index contributed by atoms with van der Waals surface area (Å²) in [5, 5.41) is 9.34. The molecule has 82 valence electrons. The minimum atomic E-state index is 0.0863. The van der Waals surface area contributed by atoms with E-state index in [-0.39, 0.29) is 5.91 Å². The first-order valence-electron chi connectivity index (χ1n) is 5.22. The molecule has 0 aromatic heterocycles. The number of rotatable bonds is 1. The fourth-order valence-corrected chi connectivity index (χ4v) is 2.07. The molecule has 0 saturated carbocycles. The minimum absolute atomic E-state index is 0.0863. The first kappa shape index (κ1) is 11.0. The van der Waals surface area contributed by atoms with Gasteiger partial charge in [-0.2, -0.15) is 5.26 Å². The van der Waals surface area contributed by atoms with Crippen molar-refractivity contribution in [2.24, 2.45) is 0 Å². The van der Waals surface area contributed by atoms with Gasteiger partial charge in [-0.3, -0.25) is 4.79 Å². The van der Waals surface area contributed by atoms with Crippen LogP contribution < -0.4 is 4.90 Å². The van der Waals surface area contributed by atoms with Crippen LogP contribution in [0.1, 0.15) is 24.8 Å². The Morgan fingerprint density at radius 1 is 1.38 bits per heavy atom. The average Bonchev–Trinajstić information content (AvgIpc) is 2.31. The molecule has 1 aromatic rings. The van der Waals surface area contributed by atoms with E-state index in [9.17, 15) is 4.79 Å². The molecule has 0 bridgehead atoms. The van der Waals surface area contributed by atoms with Gasteiger partial charge < -0.3 is 4.90 Å². The zero-order chi connectivity index (χ0) is 11.5. The number of piperidine rings is 1. The molecule has 16 heavy (non-hydrogen) atoms. The summed E-state index contributed by atoms with van der Waals surface area (Å²) in [6, 6.07) is 7.04. The third-order valence-electron chi connectivity index (χ3n) is 2.69. The molecule has 1 heterocycles. The third kappa shape index (κ3) is 2.02. The zero-order valence-corrected chi connectivity index (χ0v) is 9.50. The Balaban J connectivity index is 2.38. The lowest BCUT2D eigenvalue weighted by molar-refractivity contribution is -0.119. The van der Waals surface area contributed by atoms with E-state index in [0.29, 0.717) is 29.2 Å². The maximum absolute atomic E-state index is 11.7. The number of halogens is 1. The van der Waals surface area contributed by atoms with Crippen LogP contribution in [-0.2, 0) is 4.79 Å². The van der Waals surface area contributed by atoms with Crippen LogP contribution in [0.2, 0.25) is 5.02 Å². The van der Waals surface area contributed by atoms with Gasteiger partial charge in [0.05, 0.1) is 22.3 Å². The number of nitrogens with zero attached hydrogens (tertiary/aromatic N) is 2. The number of benzene rings is 1. The first-order valence-corrected chi connectivity index (χ1v) is 5.60. The molecule has 4 heteroatoms. The molecule has 1 aliphatic heterocycles. The average molecular weight is 235 g/mol. The number of carbonyl (C=O) groups is 1. The summed E-state index contributed by atoms with van der Waals surface area (Å²) >= 11 is 6.05. The SMILES string of the molecule is N#Cc1ccc(Cl)c(N2CCCCC2=O)c1. The Hall–Kier alpha value is -1.53. The lowest BCUT2D eigenvalue weighted by Crippen LogP contribution is -2.35. The summed E-state index contributed by atoms with van der Waals surface area (Å²) in [5.41, 5.74) is 1.18. The monoisotopic (exact) mass is 234 g/mol. The van der Waals surface area contributed by atoms with Gasteiger partial charge in [0, 0.05) is 13.0 Å². The summed E-state index contributed by atoms with van der Waals surface area (Å²) in [6.07, 6.45) is 2.48. The molecule has 1 fully saturated rings. The molecule has 3 nitrogen and oxygen atoms in total. The van der Waals surface area contributed by atoms with Gasteiger partial charge in [-0.25, -0.2) is 0 Å². The smallest absolute Gasteiger partial charge is 0.227 e. The van der Waals surface area contributed by atoms with E-state index in [2.05, 4.69) is 6.07 Å². The van der Waals surface area contributed by atoms with Gasteiger partial charge >= 0.3 is 0 Å². The molecule has 1 amide bonds. The zero-order valence-electron chi connectivity index (χ0n) is 8.74. The second kappa shape index (κ2) is 4.54. The molecular formula is C12H11ClN2O. The van der Waals surface area contributed by atoms with Crippen molar-refractivity contribution >= 4 is 23.2 Å². The third-order valence-corrected chi connectivity index (χ3v) is 3.01. The van der Waals surface area contributed by atoms with Crippen LogP contribution >= 0.6 is 11.6 Å². The molecule has 1 aromatic carbocycles. The molecule has 0 aliphatic carbocycles. The maximum Gasteiger partial charge on any atom is 0.227 e. The first-order chi connectivity index (χ1) is 7.72. The Labute approximate surface area is 99.2 Å². The standard InChI is InChI=1S/C12H11ClN2O/c13-10-5-4-9(8-14)7-11(10)15-6-2-1-3-12(15)16/h4-5,7H,1-3,6H2. The highest BCUT2D eigenvalue weighted by molar-refractivity contribution is 6.33. The molecule has 0 unspecified atom stereocenters. The van der Waals surface area contributed by atoms with Crippen molar-refractivity contribution in [1.29, 1.82) is 5.26 Å². The summed E-state index contributed by atoms with van der Waals surface area (Å²) in [7, 11) is 0. The van der Waals surface area contributed by atoms with Crippen LogP contribution in [0.5, 0.6) is 0 Å². The van der Waals surface area contributed by atoms with Gasteiger partial charge in [0.2, 0.25) is 5.91 Å². The maximum atomic E-state index is 11.7. The van der Waals surface area contributed by atoms with Crippen LogP contribution in [0.15, 0.2) is 18.2 Å². The second-order valence-corrected chi connectivity index (χ2v) is 4.19. The number of nitriles is 1. The van der Waals surface area contributed by atoms with Crippen molar-refractivity contribution in [1.82, 2.24) is 0 Å². The Bertz CT molecular complexity index is 465. The molecule has 0 N–H and O–H groups in total. The Kier molecular flexibility index (Phi) is 3.12. The van der Waals surface area contributed by atoms with E-state index in [4.69, 9.17) is 16.9 Å². The number of amides is 1. The summed E-state index contributed by atoms with van der Waals surface area (Å²) < 4.78 is 0. The van der Waals surface area contributed by atoms with Gasteiger partial charge in [0.15, 0.2) is 0 Å². The van der Waals surface area contributed by atoms with E-state index >= 15 is 0 Å². The number of carbonyl (C=O) groups excluding carboxylic acids is 1. The largest absolute Gasteiger partial charge is 0.311 e. The highest BCUT2D eigenvalue weighted by Gasteiger charge is 2.21. The Morgan fingerprint density at radius 3 is 2.88 bits per heavy atom. The molecule has 2 rings (SSSR count). The molecule has 1 aliphatic rings. The van der Waals surface area contributed by atoms with Crippen molar-refractivity contribution in [3.63, 3.8) is 0 Å². The van der Waals surface area contributed by atoms with E-state index in [0.717, 1.165) is 12.8 Å². The molecule has 1 saturated heterocycles. The van der Waals surface area contributed by atoms with Crippen LogP contribution in [0, 0.1) is 11.3 Å². The van der Waals surface area contributed by atoms with Crippen molar-refractivity contribution < 1.29 is 4.79 Å². The second-order valence-electron chi connectivity index (χ2n) is 3.78. The molecule has 0 atom stereocenters. The highest BCUT2D eigenvalue weighted by atomic mass is 35.5. The van der Waals surface area contributed by atoms with Gasteiger partial charge in [0.1, 0.15) is 0 Å². The number of hydrogen-bond acceptors (Lipinski definition) is 2. The topological polar surface area (TPSA) is 44.1 Å². The van der Waals surface area contributed by atoms with Gasteiger partial charge in [-0.1, -0.05) is 11.6 Å². The highest BCUT2D eigenvalue weighted by Crippen LogP contribution is 2.29. The fourth-order valence-electron chi connectivity index (χ4n) is 1.85. The quantitative estimate of drug-likeness (QED) is 0.750. The van der Waals surface area contributed by atoms with Gasteiger partial charge in [-0.05, 0) is 31.0 Å². The van der Waals surface area contributed by atoms with E-state index in [1.165, 1.54) is 0 Å². The van der Waals surface area contributed by atoms with Crippen LogP contribution in [0.3, 0.4) is 0 Å². The van der Waals surface area contributed by atoms with Crippen LogP contribution in [-0.4, -0.2) is 12.5 Å². The normalized spacial score (nSPS) is 16.0. The molecule has 0 spiro atoms. The van der Waals surface area contributed by atoms with Gasteiger partial charge in [0.25, 0.3) is 0 Å². The van der Waals surface area contributed by atoms with Crippen LogP contribution in [0.25, 0.3) is 0 Å². The van der Waals surface area contributed by atoms with E-state index in [1.54, 1.807) is 23.1 Å². The van der Waals surface area contributed by atoms with Crippen LogP contribution in [0.4, 0.5) is 5.69 Å². The number of hydrogen-bond donors (Lipinski definition) is 0. The van der Waals surface area contributed by atoms with Crippen molar-refractivity contribution in [2.45, 2.75) is 19.3 Å². The van der Waals surface area contributed by atoms with E-state index < -0.39 is 0 Å². The van der Waals surface area contributed by atoms with E-state index in [1.807, 2.05) is 0 Å².